The van der Waals surface area contributed by atoms with Gasteiger partial charge in [0, 0.05) is 24.6 Å². The Balaban J connectivity index is 2.30. The third-order valence-electron chi connectivity index (χ3n) is 2.72. The van der Waals surface area contributed by atoms with E-state index >= 15 is 0 Å². The molecule has 8 nitrogen and oxygen atoms in total. The summed E-state index contributed by atoms with van der Waals surface area (Å²) in [4.78, 5) is 8.17. The molecule has 0 aliphatic rings. The van der Waals surface area contributed by atoms with Gasteiger partial charge in [0.15, 0.2) is 6.19 Å². The average Bonchev–Trinajstić information content (AvgIpc) is 2.46. The summed E-state index contributed by atoms with van der Waals surface area (Å²) in [6, 6.07) is 3.53. The van der Waals surface area contributed by atoms with Crippen LogP contribution in [0.4, 0.5) is 5.69 Å². The number of unbranched alkanes of at least 4 members (excludes halogenated alkanes) is 3. The van der Waals surface area contributed by atoms with Crippen LogP contribution in [-0.2, 0) is 10.0 Å². The molecule has 0 aliphatic heterocycles. The molecule has 1 rings (SSSR count). The highest BCUT2D eigenvalue weighted by molar-refractivity contribution is 7.89. The fraction of sp³-hybridized carbons (Fsp3) is 0.462. The smallest absolute Gasteiger partial charge is 0.209 e. The maximum atomic E-state index is 10.8. The Kier molecular flexibility index (Phi) is 7.88. The first kappa shape index (κ1) is 17.9. The number of nitrogens with two attached hydrogens (primary N) is 1. The molecule has 0 amide bonds. The molecule has 4 N–H and O–H groups in total. The summed E-state index contributed by atoms with van der Waals surface area (Å²) in [5, 5.41) is 19.1. The molecule has 0 radical (unpaired) electrons. The maximum absolute atomic E-state index is 10.8. The van der Waals surface area contributed by atoms with Gasteiger partial charge in [-0.2, -0.15) is 5.26 Å². The van der Waals surface area contributed by atoms with Gasteiger partial charge in [-0.25, -0.2) is 13.6 Å². The normalized spacial score (nSPS) is 11.7. The Bertz CT molecular complexity index is 609. The monoisotopic (exact) mass is 324 g/mol. The molecule has 0 aliphatic carbocycles. The molecule has 22 heavy (non-hydrogen) atoms. The number of aliphatic imine (C=N–C) groups is 1. The van der Waals surface area contributed by atoms with Crippen LogP contribution in [0.25, 0.3) is 0 Å². The fourth-order valence-electron chi connectivity index (χ4n) is 1.69. The lowest BCUT2D eigenvalue weighted by Crippen LogP contribution is -2.27. The Morgan fingerprint density at radius 2 is 1.95 bits per heavy atom. The molecule has 0 saturated carbocycles. The van der Waals surface area contributed by atoms with Crippen molar-refractivity contribution in [3.05, 3.63) is 24.5 Å². The standard InChI is InChI=1S/C13H20N6O2S/c14-11-18-13(19-12-5-8-16-9-6-12)17-7-3-1-2-4-10-22(15,20)21/h5-6,8-9H,1-4,7,10H2,(H2,15,20,21)(H2,16,17,18,19). The molecular weight excluding hydrogens is 304 g/mol. The van der Waals surface area contributed by atoms with Crippen molar-refractivity contribution in [1.29, 1.82) is 5.26 Å². The number of hydrogen-bond acceptors (Lipinski definition) is 5. The first-order valence-electron chi connectivity index (χ1n) is 6.88. The van der Waals surface area contributed by atoms with Crippen LogP contribution in [0.3, 0.4) is 0 Å². The molecule has 0 aromatic carbocycles. The number of hydrogen-bond donors (Lipinski definition) is 3. The lowest BCUT2D eigenvalue weighted by Gasteiger charge is -2.07. The van der Waals surface area contributed by atoms with E-state index in [2.05, 4.69) is 20.6 Å². The number of guanidine groups is 1. The van der Waals surface area contributed by atoms with Crippen LogP contribution < -0.4 is 15.8 Å². The third-order valence-corrected chi connectivity index (χ3v) is 3.58. The Labute approximate surface area is 130 Å². The van der Waals surface area contributed by atoms with E-state index < -0.39 is 10.0 Å². The molecule has 0 bridgehead atoms. The van der Waals surface area contributed by atoms with Gasteiger partial charge in [0.2, 0.25) is 16.0 Å². The van der Waals surface area contributed by atoms with E-state index in [9.17, 15) is 8.42 Å². The second kappa shape index (κ2) is 9.70. The number of aromatic nitrogens is 1. The van der Waals surface area contributed by atoms with Crippen LogP contribution in [-0.4, -0.2) is 31.7 Å². The van der Waals surface area contributed by atoms with Gasteiger partial charge in [-0.1, -0.05) is 12.8 Å². The summed E-state index contributed by atoms with van der Waals surface area (Å²) in [6.45, 7) is 0.539. The zero-order valence-electron chi connectivity index (χ0n) is 12.2. The second-order valence-electron chi connectivity index (χ2n) is 4.61. The number of pyridine rings is 1. The second-order valence-corrected chi connectivity index (χ2v) is 6.34. The lowest BCUT2D eigenvalue weighted by atomic mass is 10.2. The summed E-state index contributed by atoms with van der Waals surface area (Å²) in [5.41, 5.74) is 0.782. The van der Waals surface area contributed by atoms with E-state index in [0.29, 0.717) is 18.9 Å². The summed E-state index contributed by atoms with van der Waals surface area (Å²) >= 11 is 0. The molecule has 1 aromatic heterocycles. The predicted octanol–water partition coefficient (Wildman–Crippen LogP) is 0.769. The summed E-state index contributed by atoms with van der Waals surface area (Å²) < 4.78 is 21.5. The van der Waals surface area contributed by atoms with Crippen LogP contribution in [0.5, 0.6) is 0 Å². The molecule has 1 heterocycles. The maximum Gasteiger partial charge on any atom is 0.209 e. The van der Waals surface area contributed by atoms with Gasteiger partial charge in [-0.3, -0.25) is 15.3 Å². The van der Waals surface area contributed by atoms with Crippen molar-refractivity contribution in [1.82, 2.24) is 10.3 Å². The van der Waals surface area contributed by atoms with Gasteiger partial charge in [-0.05, 0) is 25.0 Å². The Morgan fingerprint density at radius 3 is 2.59 bits per heavy atom. The molecule has 0 saturated heterocycles. The van der Waals surface area contributed by atoms with Crippen molar-refractivity contribution < 1.29 is 8.42 Å². The number of primary sulfonamides is 1. The quantitative estimate of drug-likeness (QED) is 0.213. The van der Waals surface area contributed by atoms with Gasteiger partial charge in [-0.15, -0.1) is 0 Å². The van der Waals surface area contributed by atoms with Crippen molar-refractivity contribution in [2.75, 3.05) is 17.6 Å². The van der Waals surface area contributed by atoms with E-state index in [1.54, 1.807) is 24.5 Å². The minimum Gasteiger partial charge on any atom is -0.325 e. The highest BCUT2D eigenvalue weighted by Crippen LogP contribution is 2.04. The minimum atomic E-state index is -3.36. The molecule has 0 atom stereocenters. The SMILES string of the molecule is N#CNC(=NCCCCCCS(N)(=O)=O)Nc1ccncc1. The fourth-order valence-corrected chi connectivity index (χ4v) is 2.30. The number of nitriles is 1. The first-order chi connectivity index (χ1) is 10.5. The Morgan fingerprint density at radius 1 is 1.27 bits per heavy atom. The molecule has 9 heteroatoms. The number of rotatable bonds is 8. The Hall–Kier alpha value is -2.18. The van der Waals surface area contributed by atoms with E-state index in [0.717, 1.165) is 24.9 Å². The van der Waals surface area contributed by atoms with E-state index in [1.165, 1.54) is 0 Å². The summed E-state index contributed by atoms with van der Waals surface area (Å²) in [7, 11) is -3.36. The van der Waals surface area contributed by atoms with Gasteiger partial charge in [0.25, 0.3) is 0 Å². The van der Waals surface area contributed by atoms with Crippen molar-refractivity contribution in [3.63, 3.8) is 0 Å². The lowest BCUT2D eigenvalue weighted by molar-refractivity contribution is 0.589. The molecule has 0 unspecified atom stereocenters. The number of nitrogens with one attached hydrogen (secondary N) is 2. The van der Waals surface area contributed by atoms with Gasteiger partial charge in [0.1, 0.15) is 0 Å². The zero-order valence-corrected chi connectivity index (χ0v) is 13.0. The molecule has 0 spiro atoms. The number of nitrogens with zero attached hydrogens (tertiary/aromatic N) is 3. The van der Waals surface area contributed by atoms with Crippen LogP contribution in [0, 0.1) is 11.5 Å². The zero-order chi connectivity index (χ0) is 16.3. The van der Waals surface area contributed by atoms with Crippen LogP contribution in [0.2, 0.25) is 0 Å². The number of anilines is 1. The van der Waals surface area contributed by atoms with Crippen LogP contribution in [0.1, 0.15) is 25.7 Å². The van der Waals surface area contributed by atoms with Crippen molar-refractivity contribution in [2.24, 2.45) is 10.1 Å². The summed E-state index contributed by atoms with van der Waals surface area (Å²) in [5.74, 6) is 0.388. The molecule has 0 fully saturated rings. The molecular formula is C13H20N6O2S. The van der Waals surface area contributed by atoms with Crippen LogP contribution in [0.15, 0.2) is 29.5 Å². The van der Waals surface area contributed by atoms with Gasteiger partial charge >= 0.3 is 0 Å². The third kappa shape index (κ3) is 8.89. The highest BCUT2D eigenvalue weighted by Gasteiger charge is 2.02. The average molecular weight is 324 g/mol. The highest BCUT2D eigenvalue weighted by atomic mass is 32.2. The van der Waals surface area contributed by atoms with E-state index in [1.807, 2.05) is 6.19 Å². The van der Waals surface area contributed by atoms with Crippen molar-refractivity contribution in [3.8, 4) is 6.19 Å². The molecule has 120 valence electrons. The van der Waals surface area contributed by atoms with Crippen molar-refractivity contribution >= 4 is 21.7 Å². The predicted molar refractivity (Wildman–Crippen MR) is 85.4 cm³/mol. The van der Waals surface area contributed by atoms with Crippen LogP contribution >= 0.6 is 0 Å². The minimum absolute atomic E-state index is 0.0150. The number of sulfonamides is 1. The van der Waals surface area contributed by atoms with E-state index in [-0.39, 0.29) is 5.75 Å². The van der Waals surface area contributed by atoms with E-state index in [4.69, 9.17) is 10.4 Å². The first-order valence-corrected chi connectivity index (χ1v) is 8.60. The van der Waals surface area contributed by atoms with Gasteiger partial charge < -0.3 is 5.32 Å². The molecule has 1 aromatic rings. The van der Waals surface area contributed by atoms with Gasteiger partial charge in [0.05, 0.1) is 5.75 Å². The largest absolute Gasteiger partial charge is 0.325 e. The summed E-state index contributed by atoms with van der Waals surface area (Å²) in [6.07, 6.45) is 8.10. The topological polar surface area (TPSA) is 133 Å². The van der Waals surface area contributed by atoms with Crippen molar-refractivity contribution in [2.45, 2.75) is 25.7 Å².